The molecule has 1 fully saturated rings. The van der Waals surface area contributed by atoms with E-state index < -0.39 is 6.29 Å². The van der Waals surface area contributed by atoms with Crippen LogP contribution < -0.4 is 20.7 Å². The lowest BCUT2D eigenvalue weighted by molar-refractivity contribution is -0.125. The van der Waals surface area contributed by atoms with Crippen molar-refractivity contribution in [3.8, 4) is 17.2 Å². The maximum atomic E-state index is 12.8. The van der Waals surface area contributed by atoms with E-state index in [1.54, 1.807) is 24.5 Å². The van der Waals surface area contributed by atoms with Crippen LogP contribution in [0.4, 0.5) is 5.82 Å². The Kier molecular flexibility index (Phi) is 6.32. The number of nitrogens with zero attached hydrogens (tertiary/aromatic N) is 2. The lowest BCUT2D eigenvalue weighted by atomic mass is 10.0. The fraction of sp³-hybridized carbons (Fsp3) is 0.192. The maximum Gasteiger partial charge on any atom is 0.263 e. The topological polar surface area (TPSA) is 110 Å². The molecule has 2 atom stereocenters. The van der Waals surface area contributed by atoms with E-state index in [1.165, 1.54) is 4.68 Å². The number of furan rings is 1. The molecule has 0 saturated carbocycles. The lowest BCUT2D eigenvalue weighted by Gasteiger charge is -2.32. The first-order valence-electron chi connectivity index (χ1n) is 11.3. The van der Waals surface area contributed by atoms with Crippen molar-refractivity contribution in [2.45, 2.75) is 25.7 Å². The molecule has 3 N–H and O–H groups in total. The SMILES string of the molecule is Cc1ccccc1OCC(=O)Nc1cc(-c2ccco2)nn1C1NC(=O)CC(c2ccccc2)N1. The molecule has 2 unspecified atom stereocenters. The van der Waals surface area contributed by atoms with Crippen LogP contribution in [-0.2, 0) is 9.59 Å². The number of ether oxygens (including phenoxy) is 1. The Labute approximate surface area is 202 Å². The number of aromatic nitrogens is 2. The number of carbonyl (C=O) groups is 2. The minimum Gasteiger partial charge on any atom is -0.483 e. The molecule has 35 heavy (non-hydrogen) atoms. The summed E-state index contributed by atoms with van der Waals surface area (Å²) in [6.07, 6.45) is 1.16. The molecule has 0 bridgehead atoms. The average Bonchev–Trinajstić information content (AvgIpc) is 3.54. The second-order valence-electron chi connectivity index (χ2n) is 8.24. The number of amides is 2. The Morgan fingerprint density at radius 1 is 1.14 bits per heavy atom. The minimum absolute atomic E-state index is 0.127. The normalized spacial score (nSPS) is 17.6. The molecular formula is C26H25N5O4. The third-order valence-corrected chi connectivity index (χ3v) is 5.72. The van der Waals surface area contributed by atoms with Crippen molar-refractivity contribution >= 4 is 17.6 Å². The molecule has 4 aromatic rings. The lowest BCUT2D eigenvalue weighted by Crippen LogP contribution is -2.50. The summed E-state index contributed by atoms with van der Waals surface area (Å²) in [6, 6.07) is 22.2. The number of rotatable bonds is 7. The Hall–Kier alpha value is -4.37. The van der Waals surface area contributed by atoms with E-state index in [4.69, 9.17) is 9.15 Å². The predicted molar refractivity (Wildman–Crippen MR) is 129 cm³/mol. The number of nitrogens with one attached hydrogen (secondary N) is 3. The van der Waals surface area contributed by atoms with Crippen molar-refractivity contribution in [2.24, 2.45) is 0 Å². The fourth-order valence-electron chi connectivity index (χ4n) is 3.99. The number of hydrogen-bond donors (Lipinski definition) is 3. The van der Waals surface area contributed by atoms with Crippen LogP contribution in [0.3, 0.4) is 0 Å². The van der Waals surface area contributed by atoms with Gasteiger partial charge in [-0.15, -0.1) is 0 Å². The summed E-state index contributed by atoms with van der Waals surface area (Å²) >= 11 is 0. The summed E-state index contributed by atoms with van der Waals surface area (Å²) in [5.74, 6) is 1.08. The number of benzene rings is 2. The third kappa shape index (κ3) is 5.10. The van der Waals surface area contributed by atoms with Gasteiger partial charge >= 0.3 is 0 Å². The smallest absolute Gasteiger partial charge is 0.263 e. The van der Waals surface area contributed by atoms with Crippen molar-refractivity contribution in [2.75, 3.05) is 11.9 Å². The zero-order valence-electron chi connectivity index (χ0n) is 19.1. The van der Waals surface area contributed by atoms with Crippen LogP contribution >= 0.6 is 0 Å². The van der Waals surface area contributed by atoms with Gasteiger partial charge in [0.05, 0.1) is 6.26 Å². The summed E-state index contributed by atoms with van der Waals surface area (Å²) in [5.41, 5.74) is 2.44. The Bertz CT molecular complexity index is 1320. The maximum absolute atomic E-state index is 12.8. The Morgan fingerprint density at radius 2 is 1.94 bits per heavy atom. The largest absolute Gasteiger partial charge is 0.483 e. The van der Waals surface area contributed by atoms with Gasteiger partial charge in [0.1, 0.15) is 17.3 Å². The van der Waals surface area contributed by atoms with Gasteiger partial charge < -0.3 is 19.8 Å². The van der Waals surface area contributed by atoms with E-state index in [0.29, 0.717) is 29.4 Å². The molecule has 178 valence electrons. The van der Waals surface area contributed by atoms with E-state index >= 15 is 0 Å². The molecule has 2 aromatic carbocycles. The fourth-order valence-corrected chi connectivity index (χ4v) is 3.99. The first-order valence-corrected chi connectivity index (χ1v) is 11.3. The van der Waals surface area contributed by atoms with Crippen LogP contribution in [0.2, 0.25) is 0 Å². The molecule has 2 aromatic heterocycles. The van der Waals surface area contributed by atoms with Crippen LogP contribution in [-0.4, -0.2) is 28.2 Å². The standard InChI is InChI=1S/C26H25N5O4/c1-17-8-5-6-11-21(17)35-16-25(33)28-23-14-20(22-12-7-13-34-22)30-31(23)26-27-19(15-24(32)29-26)18-9-3-2-4-10-18/h2-14,19,26-27H,15-16H2,1H3,(H,28,33)(H,29,32). The van der Waals surface area contributed by atoms with Gasteiger partial charge in [0.25, 0.3) is 5.91 Å². The van der Waals surface area contributed by atoms with Gasteiger partial charge in [-0.1, -0.05) is 48.5 Å². The Morgan fingerprint density at radius 3 is 2.71 bits per heavy atom. The molecule has 1 aliphatic rings. The van der Waals surface area contributed by atoms with Crippen molar-refractivity contribution in [1.29, 1.82) is 0 Å². The van der Waals surface area contributed by atoms with Crippen LogP contribution in [0.1, 0.15) is 29.9 Å². The van der Waals surface area contributed by atoms with Crippen LogP contribution in [0.5, 0.6) is 5.75 Å². The minimum atomic E-state index is -0.683. The molecule has 0 spiro atoms. The Balaban J connectivity index is 1.39. The van der Waals surface area contributed by atoms with Crippen LogP contribution in [0, 0.1) is 6.92 Å². The predicted octanol–water partition coefficient (Wildman–Crippen LogP) is 3.78. The van der Waals surface area contributed by atoms with E-state index in [1.807, 2.05) is 61.5 Å². The molecule has 2 amide bonds. The quantitative estimate of drug-likeness (QED) is 0.378. The summed E-state index contributed by atoms with van der Waals surface area (Å²) in [5, 5.41) is 13.8. The molecule has 9 nitrogen and oxygen atoms in total. The number of para-hydroxylation sites is 1. The molecule has 0 aliphatic carbocycles. The molecule has 5 rings (SSSR count). The van der Waals surface area contributed by atoms with Crippen LogP contribution in [0.25, 0.3) is 11.5 Å². The highest BCUT2D eigenvalue weighted by atomic mass is 16.5. The van der Waals surface area contributed by atoms with Gasteiger partial charge in [0.15, 0.2) is 18.7 Å². The van der Waals surface area contributed by atoms with Crippen molar-refractivity contribution in [3.63, 3.8) is 0 Å². The summed E-state index contributed by atoms with van der Waals surface area (Å²) < 4.78 is 12.7. The van der Waals surface area contributed by atoms with Gasteiger partial charge in [-0.3, -0.25) is 14.9 Å². The zero-order valence-corrected chi connectivity index (χ0v) is 19.1. The number of carbonyl (C=O) groups excluding carboxylic acids is 2. The van der Waals surface area contributed by atoms with Crippen molar-refractivity contribution < 1.29 is 18.7 Å². The highest BCUT2D eigenvalue weighted by Gasteiger charge is 2.30. The highest BCUT2D eigenvalue weighted by Crippen LogP contribution is 2.28. The molecule has 0 radical (unpaired) electrons. The van der Waals surface area contributed by atoms with Crippen molar-refractivity contribution in [1.82, 2.24) is 20.4 Å². The van der Waals surface area contributed by atoms with Crippen molar-refractivity contribution in [3.05, 3.63) is 90.2 Å². The summed E-state index contributed by atoms with van der Waals surface area (Å²) in [7, 11) is 0. The van der Waals surface area contributed by atoms with E-state index in [0.717, 1.165) is 11.1 Å². The van der Waals surface area contributed by atoms with Gasteiger partial charge in [-0.2, -0.15) is 5.10 Å². The second-order valence-corrected chi connectivity index (χ2v) is 8.24. The van der Waals surface area contributed by atoms with Gasteiger partial charge in [-0.05, 0) is 36.2 Å². The van der Waals surface area contributed by atoms with Gasteiger partial charge in [0.2, 0.25) is 5.91 Å². The van der Waals surface area contributed by atoms with Gasteiger partial charge in [-0.25, -0.2) is 4.68 Å². The molecule has 1 aliphatic heterocycles. The number of aryl methyl sites for hydroxylation is 1. The van der Waals surface area contributed by atoms with Crippen LogP contribution in [0.15, 0.2) is 83.5 Å². The molecule has 9 heteroatoms. The van der Waals surface area contributed by atoms with E-state index in [-0.39, 0.29) is 24.5 Å². The zero-order chi connectivity index (χ0) is 24.2. The first kappa shape index (κ1) is 22.4. The van der Waals surface area contributed by atoms with E-state index in [9.17, 15) is 9.59 Å². The summed E-state index contributed by atoms with van der Waals surface area (Å²) in [6.45, 7) is 1.74. The molecule has 3 heterocycles. The third-order valence-electron chi connectivity index (χ3n) is 5.72. The molecule has 1 saturated heterocycles. The second kappa shape index (κ2) is 9.86. The number of hydrogen-bond acceptors (Lipinski definition) is 6. The van der Waals surface area contributed by atoms with Gasteiger partial charge in [0, 0.05) is 18.5 Å². The number of anilines is 1. The molecular weight excluding hydrogens is 446 g/mol. The first-order chi connectivity index (χ1) is 17.1. The average molecular weight is 472 g/mol. The highest BCUT2D eigenvalue weighted by molar-refractivity contribution is 5.91. The monoisotopic (exact) mass is 471 g/mol. The summed E-state index contributed by atoms with van der Waals surface area (Å²) in [4.78, 5) is 25.3. The van der Waals surface area contributed by atoms with E-state index in [2.05, 4.69) is 21.0 Å².